The second-order valence-electron chi connectivity index (χ2n) is 7.24. The normalized spacial score (nSPS) is 11.1. The zero-order valence-corrected chi connectivity index (χ0v) is 18.7. The van der Waals surface area contributed by atoms with Crippen LogP contribution in [0, 0.1) is 13.8 Å². The summed E-state index contributed by atoms with van der Waals surface area (Å²) >= 11 is 0. The molecule has 0 saturated heterocycles. The summed E-state index contributed by atoms with van der Waals surface area (Å²) in [5, 5.41) is 5.49. The maximum atomic E-state index is 12.7. The Hall–Kier alpha value is -2.87. The molecule has 0 saturated carbocycles. The number of anilines is 2. The van der Waals surface area contributed by atoms with E-state index in [9.17, 15) is 18.0 Å². The maximum absolute atomic E-state index is 12.7. The van der Waals surface area contributed by atoms with Crippen LogP contribution < -0.4 is 14.9 Å². The van der Waals surface area contributed by atoms with Crippen molar-refractivity contribution < 1.29 is 18.0 Å². The summed E-state index contributed by atoms with van der Waals surface area (Å²) in [6.07, 6.45) is 2.88. The molecule has 0 bridgehead atoms. The molecule has 30 heavy (non-hydrogen) atoms. The standard InChI is InChI=1S/C22H29N3O4S/c1-5-6-13-23-22(27)19-9-7-8-10-20(19)24-21(26)15-25(30(4,28)29)18-12-11-16(2)17(3)14-18/h7-12,14H,5-6,13,15H2,1-4H3,(H,23,27)(H,24,26). The van der Waals surface area contributed by atoms with Gasteiger partial charge in [0.2, 0.25) is 15.9 Å². The van der Waals surface area contributed by atoms with Crippen LogP contribution in [0.5, 0.6) is 0 Å². The number of rotatable bonds is 9. The van der Waals surface area contributed by atoms with Gasteiger partial charge in [-0.2, -0.15) is 0 Å². The third-order valence-corrected chi connectivity index (χ3v) is 5.87. The predicted molar refractivity (Wildman–Crippen MR) is 120 cm³/mol. The van der Waals surface area contributed by atoms with E-state index in [1.54, 1.807) is 36.4 Å². The minimum atomic E-state index is -3.68. The lowest BCUT2D eigenvalue weighted by atomic mass is 10.1. The highest BCUT2D eigenvalue weighted by Gasteiger charge is 2.22. The molecule has 0 aromatic heterocycles. The molecule has 0 atom stereocenters. The molecule has 0 spiro atoms. The first-order valence-corrected chi connectivity index (χ1v) is 11.7. The molecule has 2 aromatic carbocycles. The first kappa shape index (κ1) is 23.4. The third kappa shape index (κ3) is 6.32. The molecule has 0 aliphatic carbocycles. The van der Waals surface area contributed by atoms with Gasteiger partial charge in [-0.15, -0.1) is 0 Å². The molecule has 0 heterocycles. The zero-order valence-electron chi connectivity index (χ0n) is 17.9. The van der Waals surface area contributed by atoms with Gasteiger partial charge in [-0.1, -0.05) is 31.5 Å². The first-order valence-electron chi connectivity index (χ1n) is 9.85. The van der Waals surface area contributed by atoms with Crippen LogP contribution in [-0.2, 0) is 14.8 Å². The van der Waals surface area contributed by atoms with E-state index in [1.807, 2.05) is 26.8 Å². The summed E-state index contributed by atoms with van der Waals surface area (Å²) in [6, 6.07) is 11.9. The number of unbranched alkanes of at least 4 members (excludes halogenated alkanes) is 1. The van der Waals surface area contributed by atoms with Crippen molar-refractivity contribution in [3.8, 4) is 0 Å². The molecule has 2 aromatic rings. The van der Waals surface area contributed by atoms with Crippen molar-refractivity contribution in [3.05, 3.63) is 59.2 Å². The van der Waals surface area contributed by atoms with E-state index in [2.05, 4.69) is 10.6 Å². The van der Waals surface area contributed by atoms with Gasteiger partial charge in [0.1, 0.15) is 6.54 Å². The Kier molecular flexibility index (Phi) is 8.00. The summed E-state index contributed by atoms with van der Waals surface area (Å²) < 4.78 is 25.7. The van der Waals surface area contributed by atoms with E-state index in [1.165, 1.54) is 0 Å². The molecule has 2 N–H and O–H groups in total. The summed E-state index contributed by atoms with van der Waals surface area (Å²) in [6.45, 7) is 5.99. The molecular weight excluding hydrogens is 402 g/mol. The largest absolute Gasteiger partial charge is 0.352 e. The van der Waals surface area contributed by atoms with Crippen molar-refractivity contribution in [1.29, 1.82) is 0 Å². The summed E-state index contributed by atoms with van der Waals surface area (Å²) in [5.74, 6) is -0.819. The molecule has 7 nitrogen and oxygen atoms in total. The topological polar surface area (TPSA) is 95.6 Å². The molecule has 0 aliphatic rings. The van der Waals surface area contributed by atoms with Crippen molar-refractivity contribution in [3.63, 3.8) is 0 Å². The van der Waals surface area contributed by atoms with Gasteiger partial charge in [0.25, 0.3) is 5.91 Å². The summed E-state index contributed by atoms with van der Waals surface area (Å²) in [4.78, 5) is 25.1. The van der Waals surface area contributed by atoms with Crippen LogP contribution in [0.2, 0.25) is 0 Å². The lowest BCUT2D eigenvalue weighted by Crippen LogP contribution is -2.37. The van der Waals surface area contributed by atoms with Crippen LogP contribution in [-0.4, -0.2) is 39.6 Å². The fourth-order valence-electron chi connectivity index (χ4n) is 2.86. The average Bonchev–Trinajstić information content (AvgIpc) is 2.68. The van der Waals surface area contributed by atoms with E-state index in [0.29, 0.717) is 23.5 Å². The molecule has 8 heteroatoms. The van der Waals surface area contributed by atoms with Gasteiger partial charge in [0, 0.05) is 6.54 Å². The summed E-state index contributed by atoms with van der Waals surface area (Å²) in [5.41, 5.74) is 3.04. The second kappa shape index (κ2) is 10.2. The highest BCUT2D eigenvalue weighted by molar-refractivity contribution is 7.92. The fourth-order valence-corrected chi connectivity index (χ4v) is 3.71. The molecular formula is C22H29N3O4S. The zero-order chi connectivity index (χ0) is 22.3. The van der Waals surface area contributed by atoms with Crippen molar-refractivity contribution >= 4 is 33.2 Å². The van der Waals surface area contributed by atoms with E-state index in [-0.39, 0.29) is 5.91 Å². The van der Waals surface area contributed by atoms with Crippen molar-refractivity contribution in [1.82, 2.24) is 5.32 Å². The Morgan fingerprint density at radius 3 is 2.37 bits per heavy atom. The number of carbonyl (C=O) groups excluding carboxylic acids is 2. The molecule has 0 unspecified atom stereocenters. The Morgan fingerprint density at radius 2 is 1.73 bits per heavy atom. The number of amides is 2. The molecule has 162 valence electrons. The van der Waals surface area contributed by atoms with Crippen LogP contribution in [0.15, 0.2) is 42.5 Å². The number of hydrogen-bond acceptors (Lipinski definition) is 4. The van der Waals surface area contributed by atoms with E-state index < -0.39 is 22.5 Å². The fraction of sp³-hybridized carbons (Fsp3) is 0.364. The highest BCUT2D eigenvalue weighted by Crippen LogP contribution is 2.22. The van der Waals surface area contributed by atoms with Gasteiger partial charge in [-0.3, -0.25) is 13.9 Å². The maximum Gasteiger partial charge on any atom is 0.253 e. The molecule has 2 amide bonds. The van der Waals surface area contributed by atoms with Gasteiger partial charge >= 0.3 is 0 Å². The Labute approximate surface area is 178 Å². The third-order valence-electron chi connectivity index (χ3n) is 4.73. The number of hydrogen-bond donors (Lipinski definition) is 2. The molecule has 0 aliphatic heterocycles. The van der Waals surface area contributed by atoms with Gasteiger partial charge in [-0.25, -0.2) is 8.42 Å². The van der Waals surface area contributed by atoms with Crippen molar-refractivity contribution in [2.75, 3.05) is 29.0 Å². The minimum Gasteiger partial charge on any atom is -0.352 e. The number of nitrogens with one attached hydrogen (secondary N) is 2. The monoisotopic (exact) mass is 431 g/mol. The minimum absolute atomic E-state index is 0.284. The van der Waals surface area contributed by atoms with Gasteiger partial charge in [0.15, 0.2) is 0 Å². The molecule has 0 fully saturated rings. The quantitative estimate of drug-likeness (QED) is 0.596. The average molecular weight is 432 g/mol. The molecule has 0 radical (unpaired) electrons. The van der Waals surface area contributed by atoms with Crippen LogP contribution in [0.1, 0.15) is 41.3 Å². The smallest absolute Gasteiger partial charge is 0.253 e. The highest BCUT2D eigenvalue weighted by atomic mass is 32.2. The molecule has 2 rings (SSSR count). The van der Waals surface area contributed by atoms with Crippen molar-refractivity contribution in [2.45, 2.75) is 33.6 Å². The Morgan fingerprint density at radius 1 is 1.03 bits per heavy atom. The predicted octanol–water partition coefficient (Wildman–Crippen LogP) is 3.24. The second-order valence-corrected chi connectivity index (χ2v) is 9.15. The number of benzene rings is 2. The van der Waals surface area contributed by atoms with Crippen LogP contribution in [0.4, 0.5) is 11.4 Å². The Bertz CT molecular complexity index is 1020. The summed E-state index contributed by atoms with van der Waals surface area (Å²) in [7, 11) is -3.68. The van der Waals surface area contributed by atoms with Crippen molar-refractivity contribution in [2.24, 2.45) is 0 Å². The van der Waals surface area contributed by atoms with Crippen LogP contribution in [0.25, 0.3) is 0 Å². The SMILES string of the molecule is CCCCNC(=O)c1ccccc1NC(=O)CN(c1ccc(C)c(C)c1)S(C)(=O)=O. The lowest BCUT2D eigenvalue weighted by molar-refractivity contribution is -0.114. The van der Waals surface area contributed by atoms with E-state index in [0.717, 1.165) is 34.5 Å². The number of para-hydroxylation sites is 1. The number of aryl methyl sites for hydroxylation is 2. The number of sulfonamides is 1. The number of nitrogens with zero attached hydrogens (tertiary/aromatic N) is 1. The van der Waals surface area contributed by atoms with E-state index in [4.69, 9.17) is 0 Å². The Balaban J connectivity index is 2.20. The van der Waals surface area contributed by atoms with Gasteiger partial charge in [-0.05, 0) is 55.7 Å². The lowest BCUT2D eigenvalue weighted by Gasteiger charge is -2.23. The van der Waals surface area contributed by atoms with Crippen LogP contribution >= 0.6 is 0 Å². The van der Waals surface area contributed by atoms with E-state index >= 15 is 0 Å². The van der Waals surface area contributed by atoms with Gasteiger partial charge in [0.05, 0.1) is 23.2 Å². The number of carbonyl (C=O) groups is 2. The first-order chi connectivity index (χ1) is 14.1. The van der Waals surface area contributed by atoms with Crippen LogP contribution in [0.3, 0.4) is 0 Å². The van der Waals surface area contributed by atoms with Gasteiger partial charge < -0.3 is 10.6 Å².